The first-order chi connectivity index (χ1) is 4.90. The van der Waals surface area contributed by atoms with Gasteiger partial charge in [-0.1, -0.05) is 6.92 Å². The average Bonchev–Trinajstić information content (AvgIpc) is 2.70. The van der Waals surface area contributed by atoms with Gasteiger partial charge < -0.3 is 9.73 Å². The summed E-state index contributed by atoms with van der Waals surface area (Å²) in [6.07, 6.45) is 0.993. The summed E-state index contributed by atoms with van der Waals surface area (Å²) in [5.74, 6) is 2.18. The second-order valence-corrected chi connectivity index (χ2v) is 2.62. The van der Waals surface area contributed by atoms with Crippen molar-refractivity contribution in [1.82, 2.24) is 5.32 Å². The first kappa shape index (κ1) is 5.98. The summed E-state index contributed by atoms with van der Waals surface area (Å²) in [6.45, 7) is 3.18. The second-order valence-electron chi connectivity index (χ2n) is 2.62. The van der Waals surface area contributed by atoms with Crippen LogP contribution in [0.5, 0.6) is 0 Å². The van der Waals surface area contributed by atoms with Crippen LogP contribution in [0.3, 0.4) is 0 Å². The van der Waals surface area contributed by atoms with Crippen molar-refractivity contribution in [3.8, 4) is 0 Å². The van der Waals surface area contributed by atoms with Crippen molar-refractivity contribution < 1.29 is 4.42 Å². The van der Waals surface area contributed by atoms with Crippen molar-refractivity contribution in [2.45, 2.75) is 19.4 Å². The number of furan rings is 1. The quantitative estimate of drug-likeness (QED) is 0.627. The molecule has 0 bridgehead atoms. The molecule has 1 saturated heterocycles. The van der Waals surface area contributed by atoms with Crippen LogP contribution in [0.1, 0.15) is 24.5 Å². The minimum absolute atomic E-state index is 0.514. The first-order valence-corrected chi connectivity index (χ1v) is 3.72. The van der Waals surface area contributed by atoms with Crippen LogP contribution in [0.15, 0.2) is 16.5 Å². The standard InChI is InChI=1S/C8H11NO/c1-2-6-3-4-8(10-6)7-5-9-7/h3-4,7,9H,2,5H2,1H3/t7-/m1/s1. The molecule has 0 spiro atoms. The molecule has 2 heterocycles. The normalized spacial score (nSPS) is 23.1. The molecule has 54 valence electrons. The number of hydrogen-bond donors (Lipinski definition) is 1. The molecule has 0 aliphatic carbocycles. The lowest BCUT2D eigenvalue weighted by Gasteiger charge is -1.87. The lowest BCUT2D eigenvalue weighted by molar-refractivity contribution is 0.470. The Morgan fingerprint density at radius 3 is 3.00 bits per heavy atom. The van der Waals surface area contributed by atoms with Gasteiger partial charge in [0, 0.05) is 13.0 Å². The molecule has 1 N–H and O–H groups in total. The van der Waals surface area contributed by atoms with Crippen molar-refractivity contribution in [3.63, 3.8) is 0 Å². The average molecular weight is 137 g/mol. The van der Waals surface area contributed by atoms with Gasteiger partial charge in [-0.25, -0.2) is 0 Å². The Kier molecular flexibility index (Phi) is 1.27. The largest absolute Gasteiger partial charge is 0.464 e. The Bertz CT molecular complexity index is 225. The maximum Gasteiger partial charge on any atom is 0.122 e. The Hall–Kier alpha value is -0.760. The lowest BCUT2D eigenvalue weighted by Crippen LogP contribution is -1.77. The number of nitrogens with one attached hydrogen (secondary N) is 1. The van der Waals surface area contributed by atoms with E-state index in [0.717, 1.165) is 24.5 Å². The highest BCUT2D eigenvalue weighted by molar-refractivity contribution is 5.15. The third-order valence-electron chi connectivity index (χ3n) is 1.78. The molecular weight excluding hydrogens is 126 g/mol. The van der Waals surface area contributed by atoms with Gasteiger partial charge in [-0.3, -0.25) is 0 Å². The molecule has 2 rings (SSSR count). The van der Waals surface area contributed by atoms with Crippen molar-refractivity contribution >= 4 is 0 Å². The molecule has 2 heteroatoms. The van der Waals surface area contributed by atoms with Crippen LogP contribution in [0.4, 0.5) is 0 Å². The van der Waals surface area contributed by atoms with E-state index in [0.29, 0.717) is 6.04 Å². The van der Waals surface area contributed by atoms with Crippen LogP contribution in [0.25, 0.3) is 0 Å². The molecule has 10 heavy (non-hydrogen) atoms. The zero-order valence-electron chi connectivity index (χ0n) is 6.05. The highest BCUT2D eigenvalue weighted by Gasteiger charge is 2.25. The summed E-state index contributed by atoms with van der Waals surface area (Å²) in [6, 6.07) is 4.62. The van der Waals surface area contributed by atoms with E-state index in [9.17, 15) is 0 Å². The van der Waals surface area contributed by atoms with Crippen molar-refractivity contribution in [1.29, 1.82) is 0 Å². The summed E-state index contributed by atoms with van der Waals surface area (Å²) >= 11 is 0. The third-order valence-corrected chi connectivity index (χ3v) is 1.78. The van der Waals surface area contributed by atoms with Gasteiger partial charge in [-0.15, -0.1) is 0 Å². The van der Waals surface area contributed by atoms with Crippen LogP contribution in [-0.4, -0.2) is 6.54 Å². The zero-order valence-corrected chi connectivity index (χ0v) is 6.05. The fourth-order valence-electron chi connectivity index (χ4n) is 1.03. The van der Waals surface area contributed by atoms with Crippen LogP contribution in [0.2, 0.25) is 0 Å². The second kappa shape index (κ2) is 2.13. The highest BCUT2D eigenvalue weighted by atomic mass is 16.3. The van der Waals surface area contributed by atoms with Crippen LogP contribution in [0, 0.1) is 0 Å². The van der Waals surface area contributed by atoms with Crippen molar-refractivity contribution in [2.75, 3.05) is 6.54 Å². The van der Waals surface area contributed by atoms with Gasteiger partial charge in [0.1, 0.15) is 11.5 Å². The Balaban J connectivity index is 2.19. The third kappa shape index (κ3) is 0.948. The molecule has 2 nitrogen and oxygen atoms in total. The monoisotopic (exact) mass is 137 g/mol. The molecule has 1 fully saturated rings. The van der Waals surface area contributed by atoms with Gasteiger partial charge in [0.2, 0.25) is 0 Å². The molecule has 0 saturated carbocycles. The van der Waals surface area contributed by atoms with Gasteiger partial charge in [0.25, 0.3) is 0 Å². The predicted octanol–water partition coefficient (Wildman–Crippen LogP) is 1.49. The fraction of sp³-hybridized carbons (Fsp3) is 0.500. The van der Waals surface area contributed by atoms with Crippen LogP contribution < -0.4 is 5.32 Å². The molecular formula is C8H11NO. The number of hydrogen-bond acceptors (Lipinski definition) is 2. The molecule has 0 radical (unpaired) electrons. The molecule has 1 aromatic heterocycles. The maximum absolute atomic E-state index is 5.49. The number of rotatable bonds is 2. The zero-order chi connectivity index (χ0) is 6.97. The van der Waals surface area contributed by atoms with Crippen LogP contribution >= 0.6 is 0 Å². The number of aryl methyl sites for hydroxylation is 1. The summed E-state index contributed by atoms with van der Waals surface area (Å²) in [7, 11) is 0. The van der Waals surface area contributed by atoms with Crippen molar-refractivity contribution in [2.24, 2.45) is 0 Å². The van der Waals surface area contributed by atoms with E-state index in [1.54, 1.807) is 0 Å². The minimum Gasteiger partial charge on any atom is -0.464 e. The SMILES string of the molecule is CCc1ccc([C@H]2CN2)o1. The smallest absolute Gasteiger partial charge is 0.122 e. The molecule has 1 aromatic rings. The predicted molar refractivity (Wildman–Crippen MR) is 38.8 cm³/mol. The molecule has 0 amide bonds. The van der Waals surface area contributed by atoms with Gasteiger partial charge >= 0.3 is 0 Å². The molecule has 1 atom stereocenters. The topological polar surface area (TPSA) is 35.1 Å². The Labute approximate surface area is 60.2 Å². The first-order valence-electron chi connectivity index (χ1n) is 3.72. The molecule has 1 aliphatic heterocycles. The maximum atomic E-state index is 5.49. The summed E-state index contributed by atoms with van der Waals surface area (Å²) < 4.78 is 5.49. The van der Waals surface area contributed by atoms with E-state index in [1.165, 1.54) is 0 Å². The van der Waals surface area contributed by atoms with E-state index in [2.05, 4.69) is 24.4 Å². The Morgan fingerprint density at radius 2 is 2.50 bits per heavy atom. The van der Waals surface area contributed by atoms with E-state index in [1.807, 2.05) is 0 Å². The van der Waals surface area contributed by atoms with Gasteiger partial charge in [-0.05, 0) is 12.1 Å². The van der Waals surface area contributed by atoms with Crippen LogP contribution in [-0.2, 0) is 6.42 Å². The highest BCUT2D eigenvalue weighted by Crippen LogP contribution is 2.23. The van der Waals surface area contributed by atoms with E-state index < -0.39 is 0 Å². The molecule has 0 aromatic carbocycles. The fourth-order valence-corrected chi connectivity index (χ4v) is 1.03. The molecule has 0 unspecified atom stereocenters. The summed E-state index contributed by atoms with van der Waals surface area (Å²) in [4.78, 5) is 0. The lowest BCUT2D eigenvalue weighted by atomic mass is 10.3. The van der Waals surface area contributed by atoms with Gasteiger partial charge in [0.15, 0.2) is 0 Å². The van der Waals surface area contributed by atoms with Gasteiger partial charge in [-0.2, -0.15) is 0 Å². The molecule has 1 aliphatic rings. The minimum atomic E-state index is 0.514. The van der Waals surface area contributed by atoms with E-state index >= 15 is 0 Å². The van der Waals surface area contributed by atoms with E-state index in [-0.39, 0.29) is 0 Å². The van der Waals surface area contributed by atoms with E-state index in [4.69, 9.17) is 4.42 Å². The summed E-state index contributed by atoms with van der Waals surface area (Å²) in [5, 5.41) is 3.19. The summed E-state index contributed by atoms with van der Waals surface area (Å²) in [5.41, 5.74) is 0. The van der Waals surface area contributed by atoms with Crippen molar-refractivity contribution in [3.05, 3.63) is 23.7 Å². The Morgan fingerprint density at radius 1 is 1.70 bits per heavy atom. The van der Waals surface area contributed by atoms with Gasteiger partial charge in [0.05, 0.1) is 6.04 Å².